The highest BCUT2D eigenvalue weighted by Crippen LogP contribution is 2.29. The van der Waals surface area contributed by atoms with Crippen LogP contribution in [0.2, 0.25) is 0 Å². The van der Waals surface area contributed by atoms with Crippen molar-refractivity contribution in [1.29, 1.82) is 0 Å². The van der Waals surface area contributed by atoms with E-state index in [0.717, 1.165) is 56.2 Å². The minimum absolute atomic E-state index is 0. The maximum absolute atomic E-state index is 12.9. The molecule has 140 valence electrons. The molecular formula is C20H27ClN4O. The SMILES string of the molecule is Cc1ccccc1-n1nc(C(=O)N[C@@H]2CCCC[C@H]2N)c2c1CCC2.Cl. The van der Waals surface area contributed by atoms with Gasteiger partial charge in [-0.3, -0.25) is 4.79 Å². The molecule has 1 amide bonds. The first-order chi connectivity index (χ1) is 12.1. The van der Waals surface area contributed by atoms with E-state index in [1.165, 1.54) is 11.3 Å². The van der Waals surface area contributed by atoms with E-state index in [-0.39, 0.29) is 30.4 Å². The van der Waals surface area contributed by atoms with Crippen LogP contribution >= 0.6 is 12.4 Å². The smallest absolute Gasteiger partial charge is 0.272 e. The predicted octanol–water partition coefficient (Wildman–Crippen LogP) is 3.09. The van der Waals surface area contributed by atoms with Gasteiger partial charge in [0, 0.05) is 23.3 Å². The minimum atomic E-state index is -0.0622. The standard InChI is InChI=1S/C20H26N4O.ClH/c1-13-7-2-5-11-17(13)24-18-12-6-8-14(18)19(23-24)20(25)22-16-10-4-3-9-15(16)21;/h2,5,7,11,15-16H,3-4,6,8-10,12,21H2,1H3,(H,22,25);1H/t15-,16-;/m1./s1. The molecule has 1 fully saturated rings. The van der Waals surface area contributed by atoms with Gasteiger partial charge in [-0.25, -0.2) is 4.68 Å². The van der Waals surface area contributed by atoms with Gasteiger partial charge in [0.25, 0.3) is 5.91 Å². The summed E-state index contributed by atoms with van der Waals surface area (Å²) in [5, 5.41) is 7.87. The van der Waals surface area contributed by atoms with Gasteiger partial charge in [0.15, 0.2) is 5.69 Å². The van der Waals surface area contributed by atoms with E-state index in [0.29, 0.717) is 5.69 Å². The number of para-hydroxylation sites is 1. The van der Waals surface area contributed by atoms with Crippen molar-refractivity contribution in [2.75, 3.05) is 0 Å². The van der Waals surface area contributed by atoms with Crippen LogP contribution in [0.4, 0.5) is 0 Å². The van der Waals surface area contributed by atoms with Crippen LogP contribution in [0.1, 0.15) is 59.4 Å². The van der Waals surface area contributed by atoms with Crippen molar-refractivity contribution < 1.29 is 4.79 Å². The summed E-state index contributed by atoms with van der Waals surface area (Å²) in [7, 11) is 0. The number of rotatable bonds is 3. The number of hydrogen-bond acceptors (Lipinski definition) is 3. The van der Waals surface area contributed by atoms with Crippen molar-refractivity contribution in [3.8, 4) is 5.69 Å². The number of nitrogens with one attached hydrogen (secondary N) is 1. The van der Waals surface area contributed by atoms with Gasteiger partial charge >= 0.3 is 0 Å². The average molecular weight is 375 g/mol. The second-order valence-electron chi connectivity index (χ2n) is 7.35. The van der Waals surface area contributed by atoms with Gasteiger partial charge in [0.2, 0.25) is 0 Å². The molecule has 4 rings (SSSR count). The number of fused-ring (bicyclic) bond motifs is 1. The van der Waals surface area contributed by atoms with Gasteiger partial charge in [0.1, 0.15) is 0 Å². The zero-order chi connectivity index (χ0) is 17.4. The lowest BCUT2D eigenvalue weighted by Crippen LogP contribution is -2.49. The van der Waals surface area contributed by atoms with E-state index in [9.17, 15) is 4.79 Å². The zero-order valence-corrected chi connectivity index (χ0v) is 16.0. The average Bonchev–Trinajstić information content (AvgIpc) is 3.20. The van der Waals surface area contributed by atoms with Gasteiger partial charge < -0.3 is 11.1 Å². The third-order valence-electron chi connectivity index (χ3n) is 5.62. The van der Waals surface area contributed by atoms with Gasteiger partial charge in [-0.2, -0.15) is 5.10 Å². The molecule has 0 radical (unpaired) electrons. The molecule has 26 heavy (non-hydrogen) atoms. The number of nitrogens with zero attached hydrogens (tertiary/aromatic N) is 2. The van der Waals surface area contributed by atoms with Crippen LogP contribution in [-0.2, 0) is 12.8 Å². The number of amides is 1. The van der Waals surface area contributed by atoms with Crippen LogP contribution < -0.4 is 11.1 Å². The fraction of sp³-hybridized carbons (Fsp3) is 0.500. The van der Waals surface area contributed by atoms with Crippen LogP contribution in [0.5, 0.6) is 0 Å². The Morgan fingerprint density at radius 1 is 1.19 bits per heavy atom. The van der Waals surface area contributed by atoms with Gasteiger partial charge in [-0.05, 0) is 50.7 Å². The summed E-state index contributed by atoms with van der Waals surface area (Å²) in [6.45, 7) is 2.08. The Bertz CT molecular complexity index is 801. The van der Waals surface area contributed by atoms with Crippen LogP contribution in [0.25, 0.3) is 5.69 Å². The molecule has 2 atom stereocenters. The summed E-state index contributed by atoms with van der Waals surface area (Å²) in [4.78, 5) is 12.9. The van der Waals surface area contributed by atoms with E-state index >= 15 is 0 Å². The topological polar surface area (TPSA) is 72.9 Å². The first kappa shape index (κ1) is 18.9. The molecule has 6 heteroatoms. The van der Waals surface area contributed by atoms with Gasteiger partial charge in [-0.1, -0.05) is 31.0 Å². The Morgan fingerprint density at radius 2 is 1.96 bits per heavy atom. The number of aryl methyl sites for hydroxylation is 1. The second kappa shape index (κ2) is 7.80. The Morgan fingerprint density at radius 3 is 2.73 bits per heavy atom. The lowest BCUT2D eigenvalue weighted by Gasteiger charge is -2.29. The van der Waals surface area contributed by atoms with Crippen LogP contribution in [-0.4, -0.2) is 27.8 Å². The molecule has 5 nitrogen and oxygen atoms in total. The van der Waals surface area contributed by atoms with Crippen molar-refractivity contribution >= 4 is 18.3 Å². The van der Waals surface area contributed by atoms with Crippen LogP contribution in [0.3, 0.4) is 0 Å². The highest BCUT2D eigenvalue weighted by Gasteiger charge is 2.30. The van der Waals surface area contributed by atoms with Crippen LogP contribution in [0, 0.1) is 6.92 Å². The maximum atomic E-state index is 12.9. The van der Waals surface area contributed by atoms with Crippen LogP contribution in [0.15, 0.2) is 24.3 Å². The van der Waals surface area contributed by atoms with E-state index in [4.69, 9.17) is 10.8 Å². The fourth-order valence-electron chi connectivity index (χ4n) is 4.20. The number of halogens is 1. The Kier molecular flexibility index (Phi) is 5.68. The molecule has 0 spiro atoms. The first-order valence-corrected chi connectivity index (χ1v) is 9.38. The lowest BCUT2D eigenvalue weighted by molar-refractivity contribution is 0.0915. The van der Waals surface area contributed by atoms with Crippen molar-refractivity contribution in [2.45, 2.75) is 64.0 Å². The summed E-state index contributed by atoms with van der Waals surface area (Å²) in [5.41, 5.74) is 11.3. The summed E-state index contributed by atoms with van der Waals surface area (Å²) in [6.07, 6.45) is 7.24. The summed E-state index contributed by atoms with van der Waals surface area (Å²) >= 11 is 0. The second-order valence-corrected chi connectivity index (χ2v) is 7.35. The fourth-order valence-corrected chi connectivity index (χ4v) is 4.20. The van der Waals surface area contributed by atoms with E-state index in [1.54, 1.807) is 0 Å². The number of carbonyl (C=O) groups excluding carboxylic acids is 1. The maximum Gasteiger partial charge on any atom is 0.272 e. The molecule has 0 aliphatic heterocycles. The normalized spacial score (nSPS) is 21.8. The van der Waals surface area contributed by atoms with Crippen molar-refractivity contribution in [3.05, 3.63) is 46.8 Å². The molecule has 3 N–H and O–H groups in total. The number of nitrogens with two attached hydrogens (primary N) is 1. The molecule has 1 aromatic carbocycles. The molecule has 1 aromatic heterocycles. The first-order valence-electron chi connectivity index (χ1n) is 9.38. The molecular weight excluding hydrogens is 348 g/mol. The number of carbonyl (C=O) groups is 1. The third-order valence-corrected chi connectivity index (χ3v) is 5.62. The Hall–Kier alpha value is -1.85. The molecule has 2 aliphatic carbocycles. The zero-order valence-electron chi connectivity index (χ0n) is 15.2. The molecule has 0 bridgehead atoms. The third kappa shape index (κ3) is 3.38. The minimum Gasteiger partial charge on any atom is -0.346 e. The molecule has 0 saturated heterocycles. The Labute approximate surface area is 160 Å². The number of hydrogen-bond donors (Lipinski definition) is 2. The van der Waals surface area contributed by atoms with E-state index < -0.39 is 0 Å². The molecule has 1 saturated carbocycles. The van der Waals surface area contributed by atoms with Crippen molar-refractivity contribution in [3.63, 3.8) is 0 Å². The quantitative estimate of drug-likeness (QED) is 0.867. The van der Waals surface area contributed by atoms with Crippen molar-refractivity contribution in [1.82, 2.24) is 15.1 Å². The largest absolute Gasteiger partial charge is 0.346 e. The highest BCUT2D eigenvalue weighted by molar-refractivity contribution is 5.94. The predicted molar refractivity (Wildman–Crippen MR) is 105 cm³/mol. The number of benzene rings is 1. The lowest BCUT2D eigenvalue weighted by atomic mass is 9.91. The Balaban J connectivity index is 0.00000196. The highest BCUT2D eigenvalue weighted by atomic mass is 35.5. The van der Waals surface area contributed by atoms with Gasteiger partial charge in [-0.15, -0.1) is 12.4 Å². The van der Waals surface area contributed by atoms with Gasteiger partial charge in [0.05, 0.1) is 5.69 Å². The van der Waals surface area contributed by atoms with Crippen molar-refractivity contribution in [2.24, 2.45) is 5.73 Å². The van der Waals surface area contributed by atoms with E-state index in [1.807, 2.05) is 16.8 Å². The summed E-state index contributed by atoms with van der Waals surface area (Å²) < 4.78 is 1.98. The number of aromatic nitrogens is 2. The summed E-state index contributed by atoms with van der Waals surface area (Å²) in [6, 6.07) is 8.33. The monoisotopic (exact) mass is 374 g/mol. The molecule has 2 aromatic rings. The summed E-state index contributed by atoms with van der Waals surface area (Å²) in [5.74, 6) is -0.0622. The molecule has 1 heterocycles. The molecule has 2 aliphatic rings. The van der Waals surface area contributed by atoms with E-state index in [2.05, 4.69) is 24.4 Å². The molecule has 0 unspecified atom stereocenters.